The molecule has 28 heavy (non-hydrogen) atoms. The van der Waals surface area contributed by atoms with Gasteiger partial charge < -0.3 is 15.7 Å². The predicted molar refractivity (Wildman–Crippen MR) is 96.9 cm³/mol. The Balaban J connectivity index is 1.75. The number of carbonyl (C=O) groups is 3. The van der Waals surface area contributed by atoms with Gasteiger partial charge in [-0.05, 0) is 49.2 Å². The summed E-state index contributed by atoms with van der Waals surface area (Å²) in [7, 11) is 0. The molecule has 0 saturated heterocycles. The van der Waals surface area contributed by atoms with Gasteiger partial charge in [-0.15, -0.1) is 0 Å². The molecule has 0 aromatic heterocycles. The van der Waals surface area contributed by atoms with Crippen LogP contribution in [0.1, 0.15) is 35.2 Å². The van der Waals surface area contributed by atoms with Gasteiger partial charge in [0.15, 0.2) is 0 Å². The van der Waals surface area contributed by atoms with Crippen molar-refractivity contribution in [2.24, 2.45) is 0 Å². The third-order valence-electron chi connectivity index (χ3n) is 4.89. The number of hydrogen-bond donors (Lipinski definition) is 3. The number of carboxylic acid groups (broad SMARTS) is 1. The second-order valence-corrected chi connectivity index (χ2v) is 6.64. The molecule has 2 amide bonds. The topological polar surface area (TPSA) is 95.5 Å². The third-order valence-corrected chi connectivity index (χ3v) is 4.89. The number of rotatable bonds is 6. The van der Waals surface area contributed by atoms with Crippen LogP contribution in [0.2, 0.25) is 0 Å². The monoisotopic (exact) mass is 388 g/mol. The summed E-state index contributed by atoms with van der Waals surface area (Å²) < 4.78 is 28.5. The quantitative estimate of drug-likeness (QED) is 0.709. The van der Waals surface area contributed by atoms with Gasteiger partial charge >= 0.3 is 5.97 Å². The fraction of sp³-hybridized carbons (Fsp3) is 0.250. The van der Waals surface area contributed by atoms with Crippen molar-refractivity contribution in [2.75, 3.05) is 11.9 Å². The molecule has 0 heterocycles. The van der Waals surface area contributed by atoms with Crippen molar-refractivity contribution in [3.63, 3.8) is 0 Å². The fourth-order valence-corrected chi connectivity index (χ4v) is 3.29. The molecule has 0 unspecified atom stereocenters. The molecule has 0 atom stereocenters. The number of carboxylic acids is 1. The molecule has 3 N–H and O–H groups in total. The molecule has 1 saturated carbocycles. The van der Waals surface area contributed by atoms with E-state index in [9.17, 15) is 23.2 Å². The minimum atomic E-state index is -1.26. The Morgan fingerprint density at radius 2 is 1.61 bits per heavy atom. The number of hydrogen-bond acceptors (Lipinski definition) is 3. The molecule has 146 valence electrons. The molecule has 0 aliphatic heterocycles. The number of aliphatic carboxylic acids is 1. The summed E-state index contributed by atoms with van der Waals surface area (Å²) in [6.07, 6.45) is 1.36. The highest BCUT2D eigenvalue weighted by atomic mass is 19.1. The lowest BCUT2D eigenvalue weighted by Gasteiger charge is -2.40. The zero-order valence-electron chi connectivity index (χ0n) is 14.8. The number of benzene rings is 2. The second-order valence-electron chi connectivity index (χ2n) is 6.64. The number of anilines is 1. The van der Waals surface area contributed by atoms with Gasteiger partial charge in [0.25, 0.3) is 5.91 Å². The second kappa shape index (κ2) is 7.75. The van der Waals surface area contributed by atoms with Crippen LogP contribution in [0.5, 0.6) is 0 Å². The molecule has 0 radical (unpaired) electrons. The minimum absolute atomic E-state index is 0.219. The van der Waals surface area contributed by atoms with Crippen molar-refractivity contribution in [1.82, 2.24) is 5.32 Å². The van der Waals surface area contributed by atoms with Crippen molar-refractivity contribution in [2.45, 2.75) is 24.7 Å². The molecule has 0 spiro atoms. The maximum Gasteiger partial charge on any atom is 0.322 e. The summed E-state index contributed by atoms with van der Waals surface area (Å²) in [5.74, 6) is -3.74. The molecular formula is C20H18F2N2O4. The number of amides is 2. The molecule has 3 rings (SSSR count). The first-order valence-corrected chi connectivity index (χ1v) is 8.69. The summed E-state index contributed by atoms with van der Waals surface area (Å²) in [4.78, 5) is 35.1. The lowest BCUT2D eigenvalue weighted by atomic mass is 9.63. The Bertz CT molecular complexity index is 904. The van der Waals surface area contributed by atoms with Crippen LogP contribution in [0, 0.1) is 11.6 Å². The standard InChI is InChI=1S/C20H18F2N2O4/c21-14-3-1-4-15(22)17(14)20(9-2-10-20)19(28)24-13-7-5-12(6-8-13)18(27)23-11-16(25)26/h1,3-8H,2,9-11H2,(H,23,27)(H,24,28)(H,25,26). The Morgan fingerprint density at radius 3 is 2.11 bits per heavy atom. The normalized spacial score (nSPS) is 14.6. The SMILES string of the molecule is O=C(O)CNC(=O)c1ccc(NC(=O)C2(c3c(F)cccc3F)CCC2)cc1. The zero-order chi connectivity index (χ0) is 20.3. The van der Waals surface area contributed by atoms with Crippen molar-refractivity contribution >= 4 is 23.5 Å². The van der Waals surface area contributed by atoms with E-state index in [-0.39, 0.29) is 11.1 Å². The van der Waals surface area contributed by atoms with Crippen LogP contribution in [0.25, 0.3) is 0 Å². The molecule has 2 aromatic rings. The Hall–Kier alpha value is -3.29. The van der Waals surface area contributed by atoms with E-state index in [0.29, 0.717) is 24.9 Å². The summed E-state index contributed by atoms with van der Waals surface area (Å²) in [5.41, 5.74) is -0.892. The van der Waals surface area contributed by atoms with E-state index in [4.69, 9.17) is 5.11 Å². The van der Waals surface area contributed by atoms with E-state index in [1.54, 1.807) is 0 Å². The average Bonchev–Trinajstić information content (AvgIpc) is 2.61. The Labute approximate surface area is 159 Å². The van der Waals surface area contributed by atoms with Crippen LogP contribution in [0.4, 0.5) is 14.5 Å². The van der Waals surface area contributed by atoms with Gasteiger partial charge in [-0.3, -0.25) is 14.4 Å². The lowest BCUT2D eigenvalue weighted by Crippen LogP contribution is -2.47. The van der Waals surface area contributed by atoms with Gasteiger partial charge in [-0.2, -0.15) is 0 Å². The van der Waals surface area contributed by atoms with Crippen LogP contribution in [0.3, 0.4) is 0 Å². The van der Waals surface area contributed by atoms with Gasteiger partial charge in [0.05, 0.1) is 5.41 Å². The maximum absolute atomic E-state index is 14.2. The molecule has 2 aromatic carbocycles. The molecule has 0 bridgehead atoms. The van der Waals surface area contributed by atoms with Gasteiger partial charge in [-0.1, -0.05) is 12.5 Å². The van der Waals surface area contributed by atoms with Crippen LogP contribution in [-0.4, -0.2) is 29.4 Å². The number of carbonyl (C=O) groups excluding carboxylic acids is 2. The highest BCUT2D eigenvalue weighted by molar-refractivity contribution is 6.01. The largest absolute Gasteiger partial charge is 0.480 e. The van der Waals surface area contributed by atoms with E-state index in [2.05, 4.69) is 10.6 Å². The molecule has 1 aliphatic carbocycles. The van der Waals surface area contributed by atoms with E-state index >= 15 is 0 Å². The molecule has 6 nitrogen and oxygen atoms in total. The minimum Gasteiger partial charge on any atom is -0.480 e. The van der Waals surface area contributed by atoms with E-state index in [1.165, 1.54) is 30.3 Å². The van der Waals surface area contributed by atoms with Crippen LogP contribution in [-0.2, 0) is 15.0 Å². The molecule has 8 heteroatoms. The summed E-state index contributed by atoms with van der Waals surface area (Å²) in [6, 6.07) is 9.31. The van der Waals surface area contributed by atoms with Crippen molar-refractivity contribution in [3.05, 3.63) is 65.2 Å². The van der Waals surface area contributed by atoms with Crippen molar-refractivity contribution in [1.29, 1.82) is 0 Å². The van der Waals surface area contributed by atoms with Gasteiger partial charge in [-0.25, -0.2) is 8.78 Å². The average molecular weight is 388 g/mol. The first kappa shape index (κ1) is 19.5. The fourth-order valence-electron chi connectivity index (χ4n) is 3.29. The van der Waals surface area contributed by atoms with Crippen molar-refractivity contribution < 1.29 is 28.3 Å². The van der Waals surface area contributed by atoms with Gasteiger partial charge in [0, 0.05) is 16.8 Å². The van der Waals surface area contributed by atoms with E-state index in [1.807, 2.05) is 0 Å². The zero-order valence-corrected chi connectivity index (χ0v) is 14.8. The van der Waals surface area contributed by atoms with E-state index < -0.39 is 41.4 Å². The Morgan fingerprint density at radius 1 is 1.00 bits per heavy atom. The van der Waals surface area contributed by atoms with Gasteiger partial charge in [0.2, 0.25) is 5.91 Å². The summed E-state index contributed by atoms with van der Waals surface area (Å²) >= 11 is 0. The van der Waals surface area contributed by atoms with Crippen molar-refractivity contribution in [3.8, 4) is 0 Å². The van der Waals surface area contributed by atoms with Crippen LogP contribution >= 0.6 is 0 Å². The predicted octanol–water partition coefficient (Wildman–Crippen LogP) is 2.84. The highest BCUT2D eigenvalue weighted by Crippen LogP contribution is 2.46. The summed E-state index contributed by atoms with van der Waals surface area (Å²) in [5, 5.41) is 13.5. The lowest BCUT2D eigenvalue weighted by molar-refractivity contribution is -0.135. The van der Waals surface area contributed by atoms with Crippen LogP contribution < -0.4 is 10.6 Å². The maximum atomic E-state index is 14.2. The third kappa shape index (κ3) is 3.71. The molecule has 1 fully saturated rings. The smallest absolute Gasteiger partial charge is 0.322 e. The highest BCUT2D eigenvalue weighted by Gasteiger charge is 2.49. The molecule has 1 aliphatic rings. The number of nitrogens with one attached hydrogen (secondary N) is 2. The van der Waals surface area contributed by atoms with E-state index in [0.717, 1.165) is 12.1 Å². The first-order valence-electron chi connectivity index (χ1n) is 8.69. The number of halogens is 2. The molecular weight excluding hydrogens is 370 g/mol. The van der Waals surface area contributed by atoms with Gasteiger partial charge in [0.1, 0.15) is 18.2 Å². The summed E-state index contributed by atoms with van der Waals surface area (Å²) in [6.45, 7) is -0.506. The van der Waals surface area contributed by atoms with Crippen LogP contribution in [0.15, 0.2) is 42.5 Å². The Kier molecular flexibility index (Phi) is 5.39. The first-order chi connectivity index (χ1) is 13.3.